The van der Waals surface area contributed by atoms with Gasteiger partial charge in [-0.25, -0.2) is 9.78 Å². The monoisotopic (exact) mass is 199 g/mol. The van der Waals surface area contributed by atoms with Crippen molar-refractivity contribution in [2.75, 3.05) is 12.4 Å². The highest BCUT2D eigenvalue weighted by molar-refractivity contribution is 5.39. The molecule has 0 bridgehead atoms. The lowest BCUT2D eigenvalue weighted by atomic mass is 10.3. The van der Waals surface area contributed by atoms with Crippen molar-refractivity contribution in [2.24, 2.45) is 0 Å². The Bertz CT molecular complexity index is 281. The first-order valence-electron chi connectivity index (χ1n) is 4.97. The van der Waals surface area contributed by atoms with Crippen LogP contribution in [0.1, 0.15) is 33.3 Å². The Kier molecular flexibility index (Phi) is 10.6. The van der Waals surface area contributed by atoms with Gasteiger partial charge < -0.3 is 5.32 Å². The second kappa shape index (κ2) is 9.77. The lowest BCUT2D eigenvalue weighted by Crippen LogP contribution is -2.12. The van der Waals surface area contributed by atoms with Crippen LogP contribution in [0.4, 0.5) is 5.82 Å². The Morgan fingerprint density at radius 1 is 1.29 bits per heavy atom. The molecule has 2 N–H and O–H groups in total. The smallest absolute Gasteiger partial charge is 0.346 e. The largest absolute Gasteiger partial charge is 0.374 e. The number of hydrogen-bond donors (Lipinski definition) is 2. The maximum Gasteiger partial charge on any atom is 0.346 e. The predicted molar refractivity (Wildman–Crippen MR) is 61.8 cm³/mol. The van der Waals surface area contributed by atoms with Crippen LogP contribution in [-0.4, -0.2) is 17.0 Å². The molecule has 0 fully saturated rings. The van der Waals surface area contributed by atoms with E-state index in [0.29, 0.717) is 0 Å². The number of hydrogen-bond acceptors (Lipinski definition) is 3. The number of aromatic nitrogens is 2. The molecule has 0 aromatic carbocycles. The van der Waals surface area contributed by atoms with E-state index in [0.717, 1.165) is 11.4 Å². The van der Waals surface area contributed by atoms with Crippen molar-refractivity contribution in [1.29, 1.82) is 0 Å². The van der Waals surface area contributed by atoms with E-state index in [1.807, 2.05) is 34.6 Å². The summed E-state index contributed by atoms with van der Waals surface area (Å²) in [5.74, 6) is 0.722. The van der Waals surface area contributed by atoms with E-state index in [1.54, 1.807) is 7.05 Å². The average molecular weight is 199 g/mol. The Hall–Kier alpha value is -1.32. The summed E-state index contributed by atoms with van der Waals surface area (Å²) in [5, 5.41) is 2.84. The Morgan fingerprint density at radius 3 is 2.14 bits per heavy atom. The van der Waals surface area contributed by atoms with Crippen LogP contribution in [0.2, 0.25) is 0 Å². The molecule has 1 heterocycles. The van der Waals surface area contributed by atoms with Crippen molar-refractivity contribution in [3.63, 3.8) is 0 Å². The van der Waals surface area contributed by atoms with Crippen molar-refractivity contribution in [1.82, 2.24) is 9.97 Å². The molecule has 4 heteroatoms. The van der Waals surface area contributed by atoms with Gasteiger partial charge in [-0.3, -0.25) is 4.98 Å². The van der Waals surface area contributed by atoms with Crippen LogP contribution in [0, 0.1) is 6.92 Å². The van der Waals surface area contributed by atoms with Crippen LogP contribution in [0.25, 0.3) is 0 Å². The van der Waals surface area contributed by atoms with Gasteiger partial charge in [0.1, 0.15) is 5.82 Å². The number of H-pyrrole nitrogens is 1. The molecule has 82 valence electrons. The number of nitrogens with one attached hydrogen (secondary N) is 2. The highest BCUT2D eigenvalue weighted by atomic mass is 16.1. The molecule has 1 aromatic rings. The lowest BCUT2D eigenvalue weighted by molar-refractivity contribution is 1.05. The van der Waals surface area contributed by atoms with E-state index in [9.17, 15) is 4.79 Å². The average Bonchev–Trinajstić information content (AvgIpc) is 2.27. The van der Waals surface area contributed by atoms with Crippen molar-refractivity contribution in [2.45, 2.75) is 34.6 Å². The molecule has 0 aliphatic carbocycles. The fourth-order valence-electron chi connectivity index (χ4n) is 0.717. The zero-order valence-electron chi connectivity index (χ0n) is 9.93. The van der Waals surface area contributed by atoms with E-state index in [2.05, 4.69) is 15.3 Å². The van der Waals surface area contributed by atoms with Gasteiger partial charge in [0.05, 0.1) is 0 Å². The molecule has 0 atom stereocenters. The third-order valence-corrected chi connectivity index (χ3v) is 1.25. The Morgan fingerprint density at radius 2 is 1.79 bits per heavy atom. The van der Waals surface area contributed by atoms with Gasteiger partial charge in [-0.05, 0) is 6.92 Å². The highest BCUT2D eigenvalue weighted by Crippen LogP contribution is 2.02. The molecule has 0 spiro atoms. The molecule has 1 rings (SSSR count). The summed E-state index contributed by atoms with van der Waals surface area (Å²) in [7, 11) is 1.75. The first-order valence-corrected chi connectivity index (χ1v) is 4.97. The summed E-state index contributed by atoms with van der Waals surface area (Å²) in [6.45, 7) is 9.87. The van der Waals surface area contributed by atoms with Gasteiger partial charge in [-0.15, -0.1) is 0 Å². The lowest BCUT2D eigenvalue weighted by Gasteiger charge is -2.00. The van der Waals surface area contributed by atoms with E-state index in [-0.39, 0.29) is 5.69 Å². The fourth-order valence-corrected chi connectivity index (χ4v) is 0.717. The number of nitrogens with zero attached hydrogens (tertiary/aromatic N) is 1. The minimum atomic E-state index is -0.324. The van der Waals surface area contributed by atoms with Crippen LogP contribution in [0.3, 0.4) is 0 Å². The minimum absolute atomic E-state index is 0.324. The summed E-state index contributed by atoms with van der Waals surface area (Å²) in [4.78, 5) is 16.7. The molecule has 0 unspecified atom stereocenters. The molecule has 0 radical (unpaired) electrons. The van der Waals surface area contributed by atoms with Gasteiger partial charge in [0.25, 0.3) is 0 Å². The van der Waals surface area contributed by atoms with Crippen molar-refractivity contribution in [3.05, 3.63) is 22.2 Å². The van der Waals surface area contributed by atoms with Crippen molar-refractivity contribution < 1.29 is 0 Å². The standard InChI is InChI=1S/C6H9N3O.2C2H6/c1-4-3-8-6(10)9-5(4)7-2;2*1-2/h3H,1-2H3,(H2,7,8,9,10);2*1-2H3. The third-order valence-electron chi connectivity index (χ3n) is 1.25. The summed E-state index contributed by atoms with van der Waals surface area (Å²) >= 11 is 0. The molecular weight excluding hydrogens is 178 g/mol. The first kappa shape index (κ1) is 15.2. The van der Waals surface area contributed by atoms with E-state index in [4.69, 9.17) is 0 Å². The number of rotatable bonds is 1. The molecule has 0 aliphatic heterocycles. The van der Waals surface area contributed by atoms with Crippen LogP contribution in [0.15, 0.2) is 11.0 Å². The van der Waals surface area contributed by atoms with Gasteiger partial charge >= 0.3 is 5.69 Å². The highest BCUT2D eigenvalue weighted by Gasteiger charge is 1.94. The minimum Gasteiger partial charge on any atom is -0.374 e. The molecule has 14 heavy (non-hydrogen) atoms. The quantitative estimate of drug-likeness (QED) is 0.728. The molecule has 1 aromatic heterocycles. The number of aryl methyl sites for hydroxylation is 1. The molecular formula is C10H21N3O. The molecule has 0 amide bonds. The van der Waals surface area contributed by atoms with E-state index >= 15 is 0 Å². The summed E-state index contributed by atoms with van der Waals surface area (Å²) < 4.78 is 0. The van der Waals surface area contributed by atoms with Crippen LogP contribution in [-0.2, 0) is 0 Å². The molecule has 0 saturated carbocycles. The van der Waals surface area contributed by atoms with Crippen molar-refractivity contribution >= 4 is 5.82 Å². The first-order chi connectivity index (χ1) is 6.74. The van der Waals surface area contributed by atoms with Crippen LogP contribution < -0.4 is 11.0 Å². The maximum absolute atomic E-state index is 10.6. The van der Waals surface area contributed by atoms with Gasteiger partial charge in [-0.1, -0.05) is 27.7 Å². The summed E-state index contributed by atoms with van der Waals surface area (Å²) in [6.07, 6.45) is 1.53. The number of anilines is 1. The van der Waals surface area contributed by atoms with Gasteiger partial charge in [0.2, 0.25) is 0 Å². The van der Waals surface area contributed by atoms with Gasteiger partial charge in [0, 0.05) is 18.8 Å². The number of aromatic amines is 1. The summed E-state index contributed by atoms with van der Waals surface area (Å²) in [6, 6.07) is 0. The second-order valence-electron chi connectivity index (χ2n) is 2.00. The Labute approximate surface area is 85.8 Å². The third kappa shape index (κ3) is 5.35. The van der Waals surface area contributed by atoms with E-state index < -0.39 is 0 Å². The predicted octanol–water partition coefficient (Wildman–Crippen LogP) is 2.17. The zero-order valence-corrected chi connectivity index (χ0v) is 9.93. The molecule has 0 saturated heterocycles. The van der Waals surface area contributed by atoms with Crippen LogP contribution in [0.5, 0.6) is 0 Å². The van der Waals surface area contributed by atoms with Crippen LogP contribution >= 0.6 is 0 Å². The topological polar surface area (TPSA) is 57.8 Å². The van der Waals surface area contributed by atoms with Crippen molar-refractivity contribution in [3.8, 4) is 0 Å². The Balaban J connectivity index is 0. The van der Waals surface area contributed by atoms with E-state index in [1.165, 1.54) is 6.20 Å². The fraction of sp³-hybridized carbons (Fsp3) is 0.600. The van der Waals surface area contributed by atoms with Gasteiger partial charge in [-0.2, -0.15) is 0 Å². The normalized spacial score (nSPS) is 7.57. The van der Waals surface area contributed by atoms with Gasteiger partial charge in [0.15, 0.2) is 0 Å². The maximum atomic E-state index is 10.6. The second-order valence-corrected chi connectivity index (χ2v) is 2.00. The molecule has 0 aliphatic rings. The molecule has 4 nitrogen and oxygen atoms in total. The zero-order chi connectivity index (χ0) is 11.6. The SMILES string of the molecule is CC.CC.CNc1[nH]c(=O)ncc1C. The summed E-state index contributed by atoms with van der Waals surface area (Å²) in [5.41, 5.74) is 0.608.